The van der Waals surface area contributed by atoms with Crippen molar-refractivity contribution in [3.05, 3.63) is 54.1 Å². The Labute approximate surface area is 99.0 Å². The lowest BCUT2D eigenvalue weighted by Crippen LogP contribution is -2.05. The van der Waals surface area contributed by atoms with Gasteiger partial charge in [-0.25, -0.2) is 9.78 Å². The summed E-state index contributed by atoms with van der Waals surface area (Å²) in [7, 11) is 0. The molecule has 1 heterocycles. The summed E-state index contributed by atoms with van der Waals surface area (Å²) in [4.78, 5) is 14.8. The van der Waals surface area contributed by atoms with Crippen molar-refractivity contribution in [2.75, 3.05) is 0 Å². The predicted molar refractivity (Wildman–Crippen MR) is 62.0 cm³/mol. The highest BCUT2D eigenvalue weighted by molar-refractivity contribution is 5.89. The number of aromatic nitrogens is 2. The van der Waals surface area contributed by atoms with Crippen molar-refractivity contribution in [1.29, 1.82) is 0 Å². The molecule has 0 spiro atoms. The van der Waals surface area contributed by atoms with Crippen molar-refractivity contribution in [2.45, 2.75) is 6.54 Å². The van der Waals surface area contributed by atoms with Gasteiger partial charge in [-0.1, -0.05) is 18.2 Å². The van der Waals surface area contributed by atoms with Crippen LogP contribution in [0.5, 0.6) is 0 Å². The molecule has 0 radical (unpaired) electrons. The molecule has 0 bridgehead atoms. The summed E-state index contributed by atoms with van der Waals surface area (Å²) in [5.41, 5.74) is 1.12. The number of halogens is 1. The molecule has 0 atom stereocenters. The quantitative estimate of drug-likeness (QED) is 0.891. The highest BCUT2D eigenvalue weighted by Crippen LogP contribution is 2.10. The van der Waals surface area contributed by atoms with Crippen molar-refractivity contribution in [1.82, 2.24) is 9.55 Å². The van der Waals surface area contributed by atoms with Crippen LogP contribution in [0.1, 0.15) is 15.9 Å². The van der Waals surface area contributed by atoms with Gasteiger partial charge in [0.05, 0.1) is 11.9 Å². The van der Waals surface area contributed by atoms with Gasteiger partial charge in [-0.15, -0.1) is 12.4 Å². The van der Waals surface area contributed by atoms with Gasteiger partial charge in [-0.05, 0) is 11.6 Å². The molecule has 1 aromatic carbocycles. The molecule has 5 heteroatoms. The minimum atomic E-state index is -0.897. The van der Waals surface area contributed by atoms with Gasteiger partial charge in [0.2, 0.25) is 0 Å². The summed E-state index contributed by atoms with van der Waals surface area (Å²) >= 11 is 0. The average Bonchev–Trinajstić information content (AvgIpc) is 2.71. The van der Waals surface area contributed by atoms with Gasteiger partial charge in [-0.2, -0.15) is 0 Å². The van der Waals surface area contributed by atoms with E-state index in [1.807, 2.05) is 16.7 Å². The maximum absolute atomic E-state index is 10.9. The Bertz CT molecular complexity index is 469. The molecule has 0 amide bonds. The number of imidazole rings is 1. The first-order valence-electron chi connectivity index (χ1n) is 4.54. The molecule has 1 aromatic heterocycles. The largest absolute Gasteiger partial charge is 0.478 e. The van der Waals surface area contributed by atoms with Crippen molar-refractivity contribution >= 4 is 18.4 Å². The highest BCUT2D eigenvalue weighted by atomic mass is 35.5. The Kier molecular flexibility index (Phi) is 4.08. The fourth-order valence-corrected chi connectivity index (χ4v) is 1.44. The van der Waals surface area contributed by atoms with E-state index in [4.69, 9.17) is 5.11 Å². The second kappa shape index (κ2) is 5.32. The van der Waals surface area contributed by atoms with E-state index in [1.165, 1.54) is 0 Å². The zero-order valence-corrected chi connectivity index (χ0v) is 9.22. The first-order valence-corrected chi connectivity index (χ1v) is 4.54. The summed E-state index contributed by atoms with van der Waals surface area (Å²) in [6, 6.07) is 6.97. The Balaban J connectivity index is 0.00000128. The van der Waals surface area contributed by atoms with E-state index in [2.05, 4.69) is 4.98 Å². The number of benzene rings is 1. The third kappa shape index (κ3) is 2.61. The van der Waals surface area contributed by atoms with Gasteiger partial charge in [0.25, 0.3) is 0 Å². The highest BCUT2D eigenvalue weighted by Gasteiger charge is 2.08. The SMILES string of the molecule is Cl.O=C(O)c1ccccc1Cn1ccnc1. The van der Waals surface area contributed by atoms with Gasteiger partial charge in [0, 0.05) is 18.9 Å². The lowest BCUT2D eigenvalue weighted by molar-refractivity contribution is 0.0695. The van der Waals surface area contributed by atoms with Crippen molar-refractivity contribution < 1.29 is 9.90 Å². The summed E-state index contributed by atoms with van der Waals surface area (Å²) in [6.45, 7) is 0.530. The molecule has 4 nitrogen and oxygen atoms in total. The van der Waals surface area contributed by atoms with E-state index in [0.29, 0.717) is 12.1 Å². The van der Waals surface area contributed by atoms with Crippen molar-refractivity contribution in [3.63, 3.8) is 0 Å². The van der Waals surface area contributed by atoms with Crippen LogP contribution in [0, 0.1) is 0 Å². The topological polar surface area (TPSA) is 55.1 Å². The van der Waals surface area contributed by atoms with E-state index in [1.54, 1.807) is 30.9 Å². The lowest BCUT2D eigenvalue weighted by atomic mass is 10.1. The second-order valence-electron chi connectivity index (χ2n) is 3.20. The molecule has 0 fully saturated rings. The minimum Gasteiger partial charge on any atom is -0.478 e. The third-order valence-corrected chi connectivity index (χ3v) is 2.16. The lowest BCUT2D eigenvalue weighted by Gasteiger charge is -2.05. The molecule has 0 saturated carbocycles. The number of carboxylic acid groups (broad SMARTS) is 1. The van der Waals surface area contributed by atoms with E-state index in [0.717, 1.165) is 5.56 Å². The van der Waals surface area contributed by atoms with Crippen LogP contribution in [0.2, 0.25) is 0 Å². The van der Waals surface area contributed by atoms with Crippen molar-refractivity contribution in [2.24, 2.45) is 0 Å². The van der Waals surface area contributed by atoms with E-state index < -0.39 is 5.97 Å². The van der Waals surface area contributed by atoms with E-state index in [9.17, 15) is 4.79 Å². The molecule has 0 saturated heterocycles. The molecule has 16 heavy (non-hydrogen) atoms. The molecule has 0 aliphatic heterocycles. The number of hydrogen-bond acceptors (Lipinski definition) is 2. The molecular formula is C11H11ClN2O2. The van der Waals surface area contributed by atoms with Crippen LogP contribution in [-0.2, 0) is 6.54 Å². The minimum absolute atomic E-state index is 0. The Morgan fingerprint density at radius 1 is 1.38 bits per heavy atom. The first kappa shape index (κ1) is 12.3. The van der Waals surface area contributed by atoms with Crippen LogP contribution < -0.4 is 0 Å². The van der Waals surface area contributed by atoms with Gasteiger partial charge >= 0.3 is 5.97 Å². The number of aromatic carboxylic acids is 1. The zero-order valence-electron chi connectivity index (χ0n) is 8.41. The average molecular weight is 239 g/mol. The summed E-state index contributed by atoms with van der Waals surface area (Å²) in [5, 5.41) is 8.97. The number of rotatable bonds is 3. The zero-order chi connectivity index (χ0) is 10.7. The van der Waals surface area contributed by atoms with Crippen LogP contribution >= 0.6 is 12.4 Å². The molecule has 0 aliphatic rings. The van der Waals surface area contributed by atoms with Crippen LogP contribution in [0.15, 0.2) is 43.0 Å². The Morgan fingerprint density at radius 2 is 2.12 bits per heavy atom. The van der Waals surface area contributed by atoms with Crippen LogP contribution in [-0.4, -0.2) is 20.6 Å². The second-order valence-corrected chi connectivity index (χ2v) is 3.20. The number of carboxylic acids is 1. The Morgan fingerprint density at radius 3 is 2.75 bits per heavy atom. The molecule has 0 aliphatic carbocycles. The fraction of sp³-hybridized carbons (Fsp3) is 0.0909. The van der Waals surface area contributed by atoms with Gasteiger partial charge in [0.1, 0.15) is 0 Å². The van der Waals surface area contributed by atoms with Crippen molar-refractivity contribution in [3.8, 4) is 0 Å². The van der Waals surface area contributed by atoms with Crippen LogP contribution in [0.3, 0.4) is 0 Å². The molecule has 0 unspecified atom stereocenters. The van der Waals surface area contributed by atoms with E-state index in [-0.39, 0.29) is 12.4 Å². The summed E-state index contributed by atoms with van der Waals surface area (Å²) < 4.78 is 1.84. The molecular weight excluding hydrogens is 228 g/mol. The number of hydrogen-bond donors (Lipinski definition) is 1. The van der Waals surface area contributed by atoms with Gasteiger partial charge in [0.15, 0.2) is 0 Å². The normalized spacial score (nSPS) is 9.50. The standard InChI is InChI=1S/C11H10N2O2.ClH/c14-11(15)10-4-2-1-3-9(10)7-13-6-5-12-8-13;/h1-6,8H,7H2,(H,14,15);1H. The summed E-state index contributed by atoms with van der Waals surface area (Å²) in [6.07, 6.45) is 5.14. The first-order chi connectivity index (χ1) is 7.27. The van der Waals surface area contributed by atoms with E-state index >= 15 is 0 Å². The smallest absolute Gasteiger partial charge is 0.336 e. The predicted octanol–water partition coefficient (Wildman–Crippen LogP) is 2.05. The maximum Gasteiger partial charge on any atom is 0.336 e. The molecule has 84 valence electrons. The number of nitrogens with zero attached hydrogens (tertiary/aromatic N) is 2. The third-order valence-electron chi connectivity index (χ3n) is 2.16. The van der Waals surface area contributed by atoms with Gasteiger partial charge < -0.3 is 9.67 Å². The summed E-state index contributed by atoms with van der Waals surface area (Å²) in [5.74, 6) is -0.897. The molecule has 1 N–H and O–H groups in total. The van der Waals surface area contributed by atoms with Crippen LogP contribution in [0.25, 0.3) is 0 Å². The molecule has 2 aromatic rings. The fourth-order valence-electron chi connectivity index (χ4n) is 1.44. The Hall–Kier alpha value is -1.81. The van der Waals surface area contributed by atoms with Gasteiger partial charge in [-0.3, -0.25) is 0 Å². The maximum atomic E-state index is 10.9. The number of carbonyl (C=O) groups is 1. The monoisotopic (exact) mass is 238 g/mol. The van der Waals surface area contributed by atoms with Crippen LogP contribution in [0.4, 0.5) is 0 Å². The molecule has 2 rings (SSSR count).